The van der Waals surface area contributed by atoms with Crippen molar-refractivity contribution in [3.05, 3.63) is 144 Å². The predicted octanol–water partition coefficient (Wildman–Crippen LogP) is 12.1. The lowest BCUT2D eigenvalue weighted by atomic mass is 9.33. The molecule has 0 amide bonds. The van der Waals surface area contributed by atoms with Gasteiger partial charge in [-0.3, -0.25) is 0 Å². The van der Waals surface area contributed by atoms with Crippen molar-refractivity contribution in [3.8, 4) is 5.69 Å². The zero-order chi connectivity index (χ0) is 56.3. The fourth-order valence-corrected chi connectivity index (χ4v) is 9.21. The highest BCUT2D eigenvalue weighted by Gasteiger charge is 2.47. The van der Waals surface area contributed by atoms with Crippen LogP contribution in [0.25, 0.3) is 47.7 Å². The topological polar surface area (TPSA) is 11.4 Å². The summed E-state index contributed by atoms with van der Waals surface area (Å²) in [6.45, 7) is 8.65. The predicted molar refractivity (Wildman–Crippen MR) is 239 cm³/mol. The largest absolute Gasteiger partial charge is 0.311 e. The SMILES string of the molecule is [2H]c1c([2H])c2c3c(c1[2H])-n1c4c([2H])c([2H])c([2H])c([2H])c4c4c([2H])c([2H])c([2H])c(c41)N3c1c([2H])c(C(C)(C)C)c([2H])c3c1B2c1c([2H])c(C(C)(C)C)c([2H])c([2H])c1N3c1c([2H])c([2H])c([2H])c2sc3c([2H])c([2H])c([2H])c([2H])c3c12. The quantitative estimate of drug-likeness (QED) is 0.155. The van der Waals surface area contributed by atoms with Gasteiger partial charge in [0.25, 0.3) is 6.71 Å². The second kappa shape index (κ2) is 10.5. The lowest BCUT2D eigenvalue weighted by molar-refractivity contribution is 0.590. The molecule has 7 aromatic carbocycles. The first-order chi connectivity index (χ1) is 35.8. The molecule has 55 heavy (non-hydrogen) atoms. The van der Waals surface area contributed by atoms with E-state index in [-0.39, 0.29) is 115 Å². The summed E-state index contributed by atoms with van der Waals surface area (Å²) in [6.07, 6.45) is 0. The molecule has 3 aliphatic heterocycles. The number of thiophene rings is 1. The first-order valence-corrected chi connectivity index (χ1v) is 18.6. The van der Waals surface area contributed by atoms with Gasteiger partial charge in [0.05, 0.1) is 63.9 Å². The van der Waals surface area contributed by atoms with Gasteiger partial charge in [-0.2, -0.15) is 0 Å². The molecule has 12 rings (SSSR count). The lowest BCUT2D eigenvalue weighted by Crippen LogP contribution is -2.62. The van der Waals surface area contributed by atoms with Crippen molar-refractivity contribution >= 4 is 111 Å². The first kappa shape index (κ1) is 16.9. The molecule has 0 saturated carbocycles. The number of para-hydroxylation sites is 3. The summed E-state index contributed by atoms with van der Waals surface area (Å²) in [6, 6.07) is -13.1. The normalized spacial score (nSPS) is 19.9. The molecule has 0 radical (unpaired) electrons. The van der Waals surface area contributed by atoms with Gasteiger partial charge in [0.15, 0.2) is 0 Å². The zero-order valence-corrected chi connectivity index (χ0v) is 31.1. The number of benzene rings is 7. The molecule has 3 nitrogen and oxygen atoms in total. The second-order valence-electron chi connectivity index (χ2n) is 16.1. The third-order valence-electron chi connectivity index (χ3n) is 10.7. The van der Waals surface area contributed by atoms with Gasteiger partial charge in [0.2, 0.25) is 0 Å². The summed E-state index contributed by atoms with van der Waals surface area (Å²) >= 11 is 0.770. The molecule has 0 atom stereocenters. The molecule has 0 N–H and O–H groups in total. The third-order valence-corrected chi connectivity index (χ3v) is 11.7. The van der Waals surface area contributed by atoms with Crippen molar-refractivity contribution in [1.29, 1.82) is 0 Å². The highest BCUT2D eigenvalue weighted by molar-refractivity contribution is 7.26. The van der Waals surface area contributed by atoms with E-state index in [2.05, 4.69) is 0 Å². The Balaban J connectivity index is 1.43. The van der Waals surface area contributed by atoms with Gasteiger partial charge < -0.3 is 14.4 Å². The molecular formula is C50H40BN3S. The van der Waals surface area contributed by atoms with E-state index in [9.17, 15) is 23.3 Å². The van der Waals surface area contributed by atoms with Gasteiger partial charge in [-0.05, 0) is 92.7 Å². The molecule has 0 unspecified atom stereocenters. The average molecular weight is 748 g/mol. The zero-order valence-electron chi connectivity index (χ0n) is 52.3. The smallest absolute Gasteiger partial charge is 0.252 e. The van der Waals surface area contributed by atoms with Crippen molar-refractivity contribution in [2.24, 2.45) is 0 Å². The molecule has 5 heterocycles. The van der Waals surface area contributed by atoms with E-state index in [0.29, 0.717) is 0 Å². The highest BCUT2D eigenvalue weighted by atomic mass is 32.1. The standard InChI is InChI=1S/C50H40BN3S/c1-49(2,3)29-24-25-37-35(26-29)51-34-17-12-21-40-48(34)54(39-20-11-16-32-31-14-7-9-18-36(31)53(40)47(32)39)42-28-30(50(4,5)6)27-41(46(42)51)52(37)38-19-13-23-44-45(38)33-15-8-10-22-43(33)55-44/h7-28H,1-6H3/i7D,8D,9D,10D,11D,12D,13D,14D,15D,16D,17D,18D,19D,20D,21D,22D,23D,24D,25D,26D,27D,28D. The van der Waals surface area contributed by atoms with Crippen LogP contribution in [0.1, 0.15) is 82.8 Å². The van der Waals surface area contributed by atoms with Crippen LogP contribution in [-0.4, -0.2) is 11.3 Å². The van der Waals surface area contributed by atoms with E-state index in [4.69, 9.17) is 6.85 Å². The van der Waals surface area contributed by atoms with Crippen LogP contribution in [0.3, 0.4) is 0 Å². The number of aromatic nitrogens is 1. The molecule has 2 aromatic heterocycles. The molecule has 0 bridgehead atoms. The Hall–Kier alpha value is -5.78. The van der Waals surface area contributed by atoms with Gasteiger partial charge in [-0.1, -0.05) is 120 Å². The van der Waals surface area contributed by atoms with Crippen LogP contribution in [-0.2, 0) is 10.8 Å². The monoisotopic (exact) mass is 747 g/mol. The van der Waals surface area contributed by atoms with Crippen molar-refractivity contribution in [2.45, 2.75) is 52.4 Å². The van der Waals surface area contributed by atoms with Gasteiger partial charge in [-0.25, -0.2) is 0 Å². The Bertz CT molecular complexity index is 4420. The number of anilines is 6. The lowest BCUT2D eigenvalue weighted by Gasteiger charge is -2.47. The van der Waals surface area contributed by atoms with Crippen LogP contribution in [0.4, 0.5) is 34.1 Å². The fraction of sp³-hybridized carbons (Fsp3) is 0.160. The molecule has 0 saturated heterocycles. The number of hydrogen-bond donors (Lipinski definition) is 0. The van der Waals surface area contributed by atoms with Crippen molar-refractivity contribution in [2.75, 3.05) is 9.80 Å². The molecule has 0 spiro atoms. The van der Waals surface area contributed by atoms with Gasteiger partial charge in [0.1, 0.15) is 0 Å². The Morgan fingerprint density at radius 1 is 0.509 bits per heavy atom. The summed E-state index contributed by atoms with van der Waals surface area (Å²) < 4.78 is 211. The van der Waals surface area contributed by atoms with E-state index < -0.39 is 144 Å². The van der Waals surface area contributed by atoms with Crippen LogP contribution < -0.4 is 26.2 Å². The minimum absolute atomic E-state index is 0.0180. The Labute approximate surface area is 357 Å². The summed E-state index contributed by atoms with van der Waals surface area (Å²) in [4.78, 5) is 2.56. The summed E-state index contributed by atoms with van der Waals surface area (Å²) in [5, 5.41) is -0.788. The Morgan fingerprint density at radius 3 is 1.98 bits per heavy atom. The number of hydrogen-bond acceptors (Lipinski definition) is 3. The Morgan fingerprint density at radius 2 is 1.16 bits per heavy atom. The van der Waals surface area contributed by atoms with Gasteiger partial charge in [0, 0.05) is 48.0 Å². The van der Waals surface area contributed by atoms with Crippen LogP contribution in [0.15, 0.2) is 133 Å². The van der Waals surface area contributed by atoms with Crippen molar-refractivity contribution < 1.29 is 30.2 Å². The van der Waals surface area contributed by atoms with Crippen molar-refractivity contribution in [1.82, 2.24) is 4.57 Å². The van der Waals surface area contributed by atoms with E-state index in [0.717, 1.165) is 11.3 Å². The fourth-order valence-electron chi connectivity index (χ4n) is 8.25. The van der Waals surface area contributed by atoms with E-state index in [1.54, 1.807) is 41.5 Å². The summed E-state index contributed by atoms with van der Waals surface area (Å²) in [7, 11) is 0. The maximum Gasteiger partial charge on any atom is 0.252 e. The average Bonchev–Trinajstić information content (AvgIpc) is 4.18. The van der Waals surface area contributed by atoms with E-state index in [1.165, 1.54) is 14.4 Å². The summed E-state index contributed by atoms with van der Waals surface area (Å²) in [5.74, 6) is 0. The second-order valence-corrected chi connectivity index (χ2v) is 17.1. The van der Waals surface area contributed by atoms with E-state index >= 15 is 0 Å². The maximum absolute atomic E-state index is 10.5. The third kappa shape index (κ3) is 4.06. The van der Waals surface area contributed by atoms with Crippen LogP contribution in [0.5, 0.6) is 0 Å². The maximum atomic E-state index is 10.5. The molecular weight excluding hydrogens is 685 g/mol. The Kier molecular flexibility index (Phi) is 3.23. The molecule has 0 fully saturated rings. The van der Waals surface area contributed by atoms with Gasteiger partial charge >= 0.3 is 0 Å². The van der Waals surface area contributed by atoms with Gasteiger partial charge in [-0.15, -0.1) is 11.3 Å². The number of fused-ring (bicyclic) bond motifs is 12. The molecule has 0 aliphatic carbocycles. The van der Waals surface area contributed by atoms with E-state index in [1.807, 2.05) is 0 Å². The minimum Gasteiger partial charge on any atom is -0.311 e. The molecule has 3 aliphatic rings. The number of rotatable bonds is 1. The first-order valence-electron chi connectivity index (χ1n) is 28.8. The summed E-state index contributed by atoms with van der Waals surface area (Å²) in [5.41, 5.74) is -5.08. The molecule has 9 aromatic rings. The van der Waals surface area contributed by atoms with Crippen LogP contribution >= 0.6 is 11.3 Å². The highest BCUT2D eigenvalue weighted by Crippen LogP contribution is 2.54. The molecule has 264 valence electrons. The minimum atomic E-state index is -1.62. The van der Waals surface area contributed by atoms with Crippen LogP contribution in [0.2, 0.25) is 0 Å². The van der Waals surface area contributed by atoms with Crippen molar-refractivity contribution in [3.63, 3.8) is 0 Å². The van der Waals surface area contributed by atoms with Crippen LogP contribution in [0, 0.1) is 0 Å². The molecule has 5 heteroatoms. The number of nitrogens with zero attached hydrogens (tertiary/aromatic N) is 3.